The molecule has 1 atom stereocenters. The molecule has 1 fully saturated rings. The Morgan fingerprint density at radius 2 is 2.14 bits per heavy atom. The SMILES string of the molecule is OCc1cnn2ccc(Cn3nnc4ncc(-c5cnn(CCOC6CCCCO6)c5)nc43)cc12. The van der Waals surface area contributed by atoms with Gasteiger partial charge in [0.1, 0.15) is 0 Å². The summed E-state index contributed by atoms with van der Waals surface area (Å²) in [5, 5.41) is 26.6. The summed E-state index contributed by atoms with van der Waals surface area (Å²) < 4.78 is 16.7. The molecule has 1 N–H and O–H groups in total. The molecule has 35 heavy (non-hydrogen) atoms. The van der Waals surface area contributed by atoms with Crippen molar-refractivity contribution in [3.63, 3.8) is 0 Å². The topological polar surface area (TPSA) is 130 Å². The largest absolute Gasteiger partial charge is 0.392 e. The van der Waals surface area contributed by atoms with Gasteiger partial charge in [-0.05, 0) is 37.0 Å². The first-order valence-corrected chi connectivity index (χ1v) is 11.6. The molecular formula is C23H25N9O3. The number of hydrogen-bond donors (Lipinski definition) is 1. The molecule has 1 saturated heterocycles. The number of ether oxygens (including phenoxy) is 2. The van der Waals surface area contributed by atoms with E-state index in [1.54, 1.807) is 27.8 Å². The van der Waals surface area contributed by atoms with E-state index in [1.807, 2.05) is 29.2 Å². The van der Waals surface area contributed by atoms with Crippen molar-refractivity contribution in [1.82, 2.24) is 44.4 Å². The van der Waals surface area contributed by atoms with Crippen molar-refractivity contribution in [2.45, 2.75) is 45.2 Å². The van der Waals surface area contributed by atoms with E-state index in [-0.39, 0.29) is 12.9 Å². The Kier molecular flexibility index (Phi) is 5.90. The van der Waals surface area contributed by atoms with Crippen LogP contribution in [-0.2, 0) is 29.2 Å². The predicted molar refractivity (Wildman–Crippen MR) is 124 cm³/mol. The zero-order valence-electron chi connectivity index (χ0n) is 19.1. The van der Waals surface area contributed by atoms with Crippen LogP contribution in [0.5, 0.6) is 0 Å². The lowest BCUT2D eigenvalue weighted by atomic mass is 10.2. The molecular weight excluding hydrogens is 450 g/mol. The zero-order chi connectivity index (χ0) is 23.6. The second kappa shape index (κ2) is 9.49. The summed E-state index contributed by atoms with van der Waals surface area (Å²) in [7, 11) is 0. The molecule has 0 saturated carbocycles. The maximum absolute atomic E-state index is 9.54. The molecule has 180 valence electrons. The molecule has 0 aromatic carbocycles. The third-order valence-corrected chi connectivity index (χ3v) is 6.09. The number of pyridine rings is 1. The molecule has 0 bridgehead atoms. The Morgan fingerprint density at radius 1 is 1.17 bits per heavy atom. The fraction of sp³-hybridized carbons (Fsp3) is 0.391. The van der Waals surface area contributed by atoms with Crippen LogP contribution in [0.15, 0.2) is 43.1 Å². The zero-order valence-corrected chi connectivity index (χ0v) is 19.1. The second-order valence-corrected chi connectivity index (χ2v) is 8.50. The minimum Gasteiger partial charge on any atom is -0.392 e. The number of aliphatic hydroxyl groups excluding tert-OH is 1. The van der Waals surface area contributed by atoms with Gasteiger partial charge in [-0.15, -0.1) is 5.10 Å². The van der Waals surface area contributed by atoms with Crippen molar-refractivity contribution < 1.29 is 14.6 Å². The van der Waals surface area contributed by atoms with E-state index in [4.69, 9.17) is 14.5 Å². The molecule has 5 aromatic heterocycles. The molecule has 5 aromatic rings. The normalized spacial score (nSPS) is 16.4. The molecule has 0 aliphatic carbocycles. The highest BCUT2D eigenvalue weighted by Crippen LogP contribution is 2.20. The monoisotopic (exact) mass is 475 g/mol. The van der Waals surface area contributed by atoms with Crippen LogP contribution < -0.4 is 0 Å². The van der Waals surface area contributed by atoms with Gasteiger partial charge in [-0.3, -0.25) is 4.68 Å². The fourth-order valence-corrected chi connectivity index (χ4v) is 4.21. The highest BCUT2D eigenvalue weighted by Gasteiger charge is 2.15. The number of aromatic nitrogens is 9. The van der Waals surface area contributed by atoms with Gasteiger partial charge in [0, 0.05) is 30.1 Å². The molecule has 1 aliphatic rings. The van der Waals surface area contributed by atoms with Crippen LogP contribution in [0.1, 0.15) is 30.4 Å². The van der Waals surface area contributed by atoms with Crippen LogP contribution >= 0.6 is 0 Å². The van der Waals surface area contributed by atoms with Crippen molar-refractivity contribution >= 4 is 16.8 Å². The van der Waals surface area contributed by atoms with Gasteiger partial charge in [0.05, 0.1) is 56.1 Å². The van der Waals surface area contributed by atoms with E-state index in [9.17, 15) is 5.11 Å². The van der Waals surface area contributed by atoms with Gasteiger partial charge < -0.3 is 14.6 Å². The van der Waals surface area contributed by atoms with Gasteiger partial charge in [-0.25, -0.2) is 19.2 Å². The Labute approximate surface area is 200 Å². The summed E-state index contributed by atoms with van der Waals surface area (Å²) in [5.74, 6) is 0. The summed E-state index contributed by atoms with van der Waals surface area (Å²) in [6.07, 6.45) is 12.0. The number of nitrogens with zero attached hydrogens (tertiary/aromatic N) is 9. The molecule has 1 aliphatic heterocycles. The van der Waals surface area contributed by atoms with Gasteiger partial charge in [-0.1, -0.05) is 5.21 Å². The van der Waals surface area contributed by atoms with Crippen LogP contribution in [0.3, 0.4) is 0 Å². The molecule has 6 rings (SSSR count). The van der Waals surface area contributed by atoms with E-state index in [0.29, 0.717) is 36.7 Å². The molecule has 6 heterocycles. The summed E-state index contributed by atoms with van der Waals surface area (Å²) in [4.78, 5) is 9.21. The fourth-order valence-electron chi connectivity index (χ4n) is 4.21. The number of fused-ring (bicyclic) bond motifs is 2. The number of aliphatic hydroxyl groups is 1. The first-order valence-electron chi connectivity index (χ1n) is 11.6. The van der Waals surface area contributed by atoms with Crippen molar-refractivity contribution in [3.05, 3.63) is 54.2 Å². The van der Waals surface area contributed by atoms with Crippen molar-refractivity contribution in [1.29, 1.82) is 0 Å². The Morgan fingerprint density at radius 3 is 3.03 bits per heavy atom. The lowest BCUT2D eigenvalue weighted by Crippen LogP contribution is -2.24. The maximum atomic E-state index is 9.54. The average Bonchev–Trinajstić information content (AvgIpc) is 3.63. The molecule has 0 spiro atoms. The van der Waals surface area contributed by atoms with Crippen LogP contribution in [-0.4, -0.2) is 69.0 Å². The van der Waals surface area contributed by atoms with Crippen molar-refractivity contribution in [2.75, 3.05) is 13.2 Å². The van der Waals surface area contributed by atoms with Crippen LogP contribution in [0.2, 0.25) is 0 Å². The molecule has 0 radical (unpaired) electrons. The predicted octanol–water partition coefficient (Wildman–Crippen LogP) is 1.82. The van der Waals surface area contributed by atoms with Crippen molar-refractivity contribution in [2.24, 2.45) is 0 Å². The average molecular weight is 476 g/mol. The van der Waals surface area contributed by atoms with Gasteiger partial charge in [0.2, 0.25) is 5.65 Å². The standard InChI is InChI=1S/C23H25N9O3/c33-15-18-11-26-31-5-4-16(9-20(18)31)13-32-23-22(28-29-32)24-12-19(27-23)17-10-25-30(14-17)6-8-35-21-3-1-2-7-34-21/h4-5,9-12,14,21,33H,1-3,6-8,13,15H2. The van der Waals surface area contributed by atoms with Crippen molar-refractivity contribution in [3.8, 4) is 11.3 Å². The highest BCUT2D eigenvalue weighted by atomic mass is 16.7. The Hall–Kier alpha value is -3.74. The van der Waals surface area contributed by atoms with Crippen LogP contribution in [0, 0.1) is 0 Å². The lowest BCUT2D eigenvalue weighted by Gasteiger charge is -2.22. The Balaban J connectivity index is 1.18. The summed E-state index contributed by atoms with van der Waals surface area (Å²) in [6.45, 7) is 2.32. The Bertz CT molecular complexity index is 1450. The van der Waals surface area contributed by atoms with Crippen LogP contribution in [0.25, 0.3) is 28.1 Å². The summed E-state index contributed by atoms with van der Waals surface area (Å²) in [6, 6.07) is 3.93. The first kappa shape index (κ1) is 21.8. The van der Waals surface area contributed by atoms with Gasteiger partial charge in [-0.2, -0.15) is 10.2 Å². The van der Waals surface area contributed by atoms with E-state index in [0.717, 1.165) is 48.1 Å². The quantitative estimate of drug-likeness (QED) is 0.357. The number of rotatable bonds is 8. The smallest absolute Gasteiger partial charge is 0.221 e. The van der Waals surface area contributed by atoms with E-state index >= 15 is 0 Å². The molecule has 0 amide bonds. The first-order chi connectivity index (χ1) is 17.3. The summed E-state index contributed by atoms with van der Waals surface area (Å²) in [5.41, 5.74) is 5.22. The molecule has 12 nitrogen and oxygen atoms in total. The van der Waals surface area contributed by atoms with Gasteiger partial charge in [0.25, 0.3) is 0 Å². The van der Waals surface area contributed by atoms with E-state index < -0.39 is 0 Å². The minimum absolute atomic E-state index is 0.0673. The third-order valence-electron chi connectivity index (χ3n) is 6.09. The number of hydrogen-bond acceptors (Lipinski definition) is 9. The maximum Gasteiger partial charge on any atom is 0.221 e. The van der Waals surface area contributed by atoms with E-state index in [1.165, 1.54) is 0 Å². The molecule has 12 heteroatoms. The minimum atomic E-state index is -0.107. The third kappa shape index (κ3) is 4.50. The van der Waals surface area contributed by atoms with Crippen LogP contribution in [0.4, 0.5) is 0 Å². The molecule has 1 unspecified atom stereocenters. The second-order valence-electron chi connectivity index (χ2n) is 8.50. The van der Waals surface area contributed by atoms with Gasteiger partial charge in [0.15, 0.2) is 11.9 Å². The lowest BCUT2D eigenvalue weighted by molar-refractivity contribution is -0.163. The highest BCUT2D eigenvalue weighted by molar-refractivity contribution is 5.69. The van der Waals surface area contributed by atoms with Gasteiger partial charge >= 0.3 is 0 Å². The van der Waals surface area contributed by atoms with E-state index in [2.05, 4.69) is 25.5 Å². The summed E-state index contributed by atoms with van der Waals surface area (Å²) >= 11 is 0.